The van der Waals surface area contributed by atoms with Gasteiger partial charge in [-0.15, -0.1) is 0 Å². The summed E-state index contributed by atoms with van der Waals surface area (Å²) in [4.78, 5) is 23.5. The molecule has 2 aromatic heterocycles. The fourth-order valence-electron chi connectivity index (χ4n) is 3.49. The quantitative estimate of drug-likeness (QED) is 0.773. The zero-order chi connectivity index (χ0) is 17.9. The number of anilines is 2. The number of nitrogens with one attached hydrogen (secondary N) is 1. The molecule has 132 valence electrons. The highest BCUT2D eigenvalue weighted by Crippen LogP contribution is 2.33. The molecule has 0 atom stereocenters. The lowest BCUT2D eigenvalue weighted by atomic mass is 10.0. The first-order valence-corrected chi connectivity index (χ1v) is 9.08. The summed E-state index contributed by atoms with van der Waals surface area (Å²) in [7, 11) is 0. The number of aryl methyl sites for hydroxylation is 1. The molecule has 1 saturated heterocycles. The zero-order valence-corrected chi connectivity index (χ0v) is 14.9. The van der Waals surface area contributed by atoms with E-state index in [0.717, 1.165) is 35.2 Å². The molecule has 1 fully saturated rings. The molecule has 5 nitrogen and oxygen atoms in total. The second-order valence-electron chi connectivity index (χ2n) is 6.74. The van der Waals surface area contributed by atoms with Crippen LogP contribution in [0.15, 0.2) is 48.9 Å². The van der Waals surface area contributed by atoms with Crippen LogP contribution in [0.3, 0.4) is 0 Å². The number of piperidine rings is 1. The highest BCUT2D eigenvalue weighted by atomic mass is 16.1. The number of aromatic nitrogens is 2. The van der Waals surface area contributed by atoms with Crippen LogP contribution in [-0.4, -0.2) is 29.0 Å². The number of rotatable bonds is 3. The molecule has 1 aliphatic heterocycles. The lowest BCUT2D eigenvalue weighted by Gasteiger charge is -2.30. The van der Waals surface area contributed by atoms with Gasteiger partial charge in [0, 0.05) is 53.8 Å². The number of carbonyl (C=O) groups is 1. The van der Waals surface area contributed by atoms with Gasteiger partial charge in [-0.2, -0.15) is 0 Å². The van der Waals surface area contributed by atoms with Crippen LogP contribution in [0.5, 0.6) is 0 Å². The van der Waals surface area contributed by atoms with E-state index in [9.17, 15) is 4.79 Å². The second-order valence-corrected chi connectivity index (χ2v) is 6.74. The fourth-order valence-corrected chi connectivity index (χ4v) is 3.49. The number of hydrogen-bond donors (Lipinski definition) is 1. The van der Waals surface area contributed by atoms with Crippen molar-refractivity contribution in [3.8, 4) is 0 Å². The molecule has 1 aromatic carbocycles. The third-order valence-electron chi connectivity index (χ3n) is 4.91. The molecular weight excluding hydrogens is 324 g/mol. The fraction of sp³-hybridized carbons (Fsp3) is 0.286. The molecule has 0 spiro atoms. The maximum Gasteiger partial charge on any atom is 0.257 e. The van der Waals surface area contributed by atoms with Crippen molar-refractivity contribution in [2.45, 2.75) is 26.2 Å². The number of pyridine rings is 2. The summed E-state index contributed by atoms with van der Waals surface area (Å²) in [6, 6.07) is 9.75. The Hall–Kier alpha value is -2.95. The van der Waals surface area contributed by atoms with Crippen LogP contribution in [0.1, 0.15) is 35.3 Å². The maximum atomic E-state index is 12.6. The van der Waals surface area contributed by atoms with Crippen LogP contribution in [0.2, 0.25) is 0 Å². The third-order valence-corrected chi connectivity index (χ3v) is 4.91. The Morgan fingerprint density at radius 2 is 1.85 bits per heavy atom. The molecule has 4 rings (SSSR count). The van der Waals surface area contributed by atoms with E-state index in [-0.39, 0.29) is 5.91 Å². The molecule has 1 amide bonds. The smallest absolute Gasteiger partial charge is 0.257 e. The van der Waals surface area contributed by atoms with E-state index < -0.39 is 0 Å². The maximum absolute atomic E-state index is 12.6. The number of amides is 1. The summed E-state index contributed by atoms with van der Waals surface area (Å²) in [5.74, 6) is -0.159. The molecule has 1 aliphatic rings. The van der Waals surface area contributed by atoms with Gasteiger partial charge in [-0.1, -0.05) is 0 Å². The van der Waals surface area contributed by atoms with E-state index in [1.54, 1.807) is 12.3 Å². The van der Waals surface area contributed by atoms with Crippen LogP contribution in [-0.2, 0) is 0 Å². The van der Waals surface area contributed by atoms with Crippen molar-refractivity contribution >= 4 is 28.1 Å². The first-order chi connectivity index (χ1) is 12.7. The van der Waals surface area contributed by atoms with Crippen LogP contribution < -0.4 is 10.2 Å². The summed E-state index contributed by atoms with van der Waals surface area (Å²) < 4.78 is 0. The molecule has 0 bridgehead atoms. The van der Waals surface area contributed by atoms with Crippen LogP contribution in [0.25, 0.3) is 10.8 Å². The highest BCUT2D eigenvalue weighted by Gasteiger charge is 2.16. The third kappa shape index (κ3) is 3.25. The van der Waals surface area contributed by atoms with Crippen molar-refractivity contribution in [1.82, 2.24) is 9.97 Å². The Bertz CT molecular complexity index is 930. The Labute approximate surface area is 153 Å². The van der Waals surface area contributed by atoms with E-state index in [4.69, 9.17) is 0 Å². The van der Waals surface area contributed by atoms with Crippen LogP contribution in [0.4, 0.5) is 11.4 Å². The zero-order valence-electron chi connectivity index (χ0n) is 14.9. The van der Waals surface area contributed by atoms with Crippen molar-refractivity contribution < 1.29 is 4.79 Å². The number of fused-ring (bicyclic) bond motifs is 1. The van der Waals surface area contributed by atoms with Gasteiger partial charge >= 0.3 is 0 Å². The predicted molar refractivity (Wildman–Crippen MR) is 105 cm³/mol. The van der Waals surface area contributed by atoms with Crippen molar-refractivity contribution in [2.24, 2.45) is 0 Å². The number of nitrogens with zero attached hydrogens (tertiary/aromatic N) is 3. The molecule has 26 heavy (non-hydrogen) atoms. The van der Waals surface area contributed by atoms with E-state index in [1.165, 1.54) is 24.9 Å². The van der Waals surface area contributed by atoms with Gasteiger partial charge in [-0.3, -0.25) is 14.8 Å². The van der Waals surface area contributed by atoms with E-state index in [0.29, 0.717) is 5.56 Å². The Balaban J connectivity index is 1.68. The van der Waals surface area contributed by atoms with Crippen molar-refractivity contribution in [2.75, 3.05) is 23.3 Å². The lowest BCUT2D eigenvalue weighted by Crippen LogP contribution is -2.29. The van der Waals surface area contributed by atoms with E-state index in [2.05, 4.69) is 26.3 Å². The molecule has 3 aromatic rings. The Kier molecular flexibility index (Phi) is 4.52. The van der Waals surface area contributed by atoms with E-state index >= 15 is 0 Å². The normalized spacial score (nSPS) is 14.4. The van der Waals surface area contributed by atoms with Gasteiger partial charge in [0.15, 0.2) is 0 Å². The van der Waals surface area contributed by atoms with Crippen molar-refractivity contribution in [3.05, 3.63) is 60.2 Å². The molecule has 0 radical (unpaired) electrons. The first-order valence-electron chi connectivity index (χ1n) is 9.08. The SMILES string of the molecule is Cc1ccc(C(=O)Nc2ccc(N3CCCCC3)c3ccncc23)cn1. The van der Waals surface area contributed by atoms with E-state index in [1.807, 2.05) is 37.5 Å². The van der Waals surface area contributed by atoms with Gasteiger partial charge in [0.05, 0.1) is 11.3 Å². The topological polar surface area (TPSA) is 58.1 Å². The van der Waals surface area contributed by atoms with Gasteiger partial charge < -0.3 is 10.2 Å². The molecule has 1 N–H and O–H groups in total. The largest absolute Gasteiger partial charge is 0.371 e. The van der Waals surface area contributed by atoms with Crippen LogP contribution >= 0.6 is 0 Å². The lowest BCUT2D eigenvalue weighted by molar-refractivity contribution is 0.102. The number of hydrogen-bond acceptors (Lipinski definition) is 4. The van der Waals surface area contributed by atoms with Gasteiger partial charge in [-0.05, 0) is 56.5 Å². The molecule has 0 saturated carbocycles. The average Bonchev–Trinajstić information content (AvgIpc) is 2.69. The molecule has 0 unspecified atom stereocenters. The number of benzene rings is 1. The van der Waals surface area contributed by atoms with Gasteiger partial charge in [0.1, 0.15) is 0 Å². The average molecular weight is 346 g/mol. The summed E-state index contributed by atoms with van der Waals surface area (Å²) in [6.07, 6.45) is 9.00. The molecular formula is C21H22N4O. The Morgan fingerprint density at radius 1 is 1.00 bits per heavy atom. The number of carbonyl (C=O) groups excluding carboxylic acids is 1. The second kappa shape index (κ2) is 7.12. The van der Waals surface area contributed by atoms with Crippen molar-refractivity contribution in [3.63, 3.8) is 0 Å². The monoisotopic (exact) mass is 346 g/mol. The molecule has 3 heterocycles. The summed E-state index contributed by atoms with van der Waals surface area (Å²) in [6.45, 7) is 4.07. The molecule has 5 heteroatoms. The van der Waals surface area contributed by atoms with Gasteiger partial charge in [-0.25, -0.2) is 0 Å². The minimum absolute atomic E-state index is 0.159. The van der Waals surface area contributed by atoms with Crippen molar-refractivity contribution in [1.29, 1.82) is 0 Å². The summed E-state index contributed by atoms with van der Waals surface area (Å²) >= 11 is 0. The van der Waals surface area contributed by atoms with Crippen LogP contribution in [0, 0.1) is 6.92 Å². The minimum Gasteiger partial charge on any atom is -0.371 e. The predicted octanol–water partition coefficient (Wildman–Crippen LogP) is 4.18. The van der Waals surface area contributed by atoms with Gasteiger partial charge in [0.2, 0.25) is 0 Å². The first kappa shape index (κ1) is 16.5. The standard InChI is InChI=1S/C21H22N4O/c1-15-5-6-16(13-23-15)21(26)24-19-7-8-20(25-11-3-2-4-12-25)17-9-10-22-14-18(17)19/h5-10,13-14H,2-4,11-12H2,1H3,(H,24,26). The molecule has 0 aliphatic carbocycles. The highest BCUT2D eigenvalue weighted by molar-refractivity contribution is 6.11. The summed E-state index contributed by atoms with van der Waals surface area (Å²) in [5.41, 5.74) is 3.44. The van der Waals surface area contributed by atoms with Gasteiger partial charge in [0.25, 0.3) is 5.91 Å². The minimum atomic E-state index is -0.159. The summed E-state index contributed by atoms with van der Waals surface area (Å²) in [5, 5.41) is 5.10. The Morgan fingerprint density at radius 3 is 2.62 bits per heavy atom.